The number of hydrogen-bond acceptors (Lipinski definition) is 5. The Morgan fingerprint density at radius 1 is 1.27 bits per heavy atom. The fourth-order valence-corrected chi connectivity index (χ4v) is 4.85. The Hall–Kier alpha value is -2.19. The van der Waals surface area contributed by atoms with Crippen LogP contribution in [0, 0.1) is 11.7 Å². The molecule has 0 spiro atoms. The molecule has 8 heteroatoms. The van der Waals surface area contributed by atoms with Gasteiger partial charge >= 0.3 is 0 Å². The molecule has 0 radical (unpaired) electrons. The molecule has 6 nitrogen and oxygen atoms in total. The molecule has 0 unspecified atom stereocenters. The Bertz CT molecular complexity index is 948. The van der Waals surface area contributed by atoms with Gasteiger partial charge in [0.1, 0.15) is 16.5 Å². The van der Waals surface area contributed by atoms with Gasteiger partial charge in [0, 0.05) is 24.2 Å². The van der Waals surface area contributed by atoms with E-state index in [-0.39, 0.29) is 11.6 Å². The molecule has 138 valence electrons. The number of hydrogen-bond donors (Lipinski definition) is 3. The zero-order chi connectivity index (χ0) is 18.5. The Balaban J connectivity index is 1.70. The van der Waals surface area contributed by atoms with Crippen LogP contribution in [0.3, 0.4) is 0 Å². The highest BCUT2D eigenvalue weighted by Crippen LogP contribution is 2.38. The third kappa shape index (κ3) is 2.93. The van der Waals surface area contributed by atoms with Crippen molar-refractivity contribution in [3.05, 3.63) is 41.2 Å². The zero-order valence-electron chi connectivity index (χ0n) is 14.0. The standard InChI is InChI=1S/C18H19FN2O4S/c19-18-13(11-7-12(20-9-11)6-10-2-1-3-10)4-5-14(22)17(18)15-8-16(23)21-26(15,24)25/h4-5,7-8,10,12,20,22H,1-3,6,9H2,(H,21,23)/t12-/m1/s1. The van der Waals surface area contributed by atoms with E-state index in [1.807, 2.05) is 6.08 Å². The minimum atomic E-state index is -4.17. The predicted molar refractivity (Wildman–Crippen MR) is 94.8 cm³/mol. The highest BCUT2D eigenvalue weighted by Gasteiger charge is 2.34. The van der Waals surface area contributed by atoms with Gasteiger partial charge < -0.3 is 10.4 Å². The van der Waals surface area contributed by atoms with Gasteiger partial charge in [0.25, 0.3) is 15.9 Å². The summed E-state index contributed by atoms with van der Waals surface area (Å²) in [5.74, 6) is -1.51. The summed E-state index contributed by atoms with van der Waals surface area (Å²) in [6.45, 7) is 0.474. The summed E-state index contributed by atoms with van der Waals surface area (Å²) in [4.78, 5) is 10.8. The van der Waals surface area contributed by atoms with E-state index in [0.717, 1.165) is 18.1 Å². The quantitative estimate of drug-likeness (QED) is 0.744. The van der Waals surface area contributed by atoms with Crippen molar-refractivity contribution >= 4 is 26.4 Å². The lowest BCUT2D eigenvalue weighted by Crippen LogP contribution is -2.27. The normalized spacial score (nSPS) is 24.8. The molecule has 1 saturated carbocycles. The molecular weight excluding hydrogens is 359 g/mol. The first-order chi connectivity index (χ1) is 12.3. The van der Waals surface area contributed by atoms with E-state index < -0.39 is 38.0 Å². The number of amides is 1. The Morgan fingerprint density at radius 3 is 2.65 bits per heavy atom. The Morgan fingerprint density at radius 2 is 2.04 bits per heavy atom. The molecule has 1 aromatic rings. The lowest BCUT2D eigenvalue weighted by atomic mass is 9.81. The van der Waals surface area contributed by atoms with Crippen LogP contribution in [0.25, 0.3) is 10.5 Å². The van der Waals surface area contributed by atoms with Crippen molar-refractivity contribution in [3.8, 4) is 5.75 Å². The van der Waals surface area contributed by atoms with Crippen molar-refractivity contribution < 1.29 is 22.7 Å². The predicted octanol–water partition coefficient (Wildman–Crippen LogP) is 1.88. The van der Waals surface area contributed by atoms with E-state index in [1.54, 1.807) is 4.72 Å². The van der Waals surface area contributed by atoms with Crippen molar-refractivity contribution in [1.82, 2.24) is 10.0 Å². The molecular formula is C18H19FN2O4S. The maximum absolute atomic E-state index is 15.1. The molecule has 2 heterocycles. The highest BCUT2D eigenvalue weighted by molar-refractivity contribution is 8.00. The topological polar surface area (TPSA) is 95.5 Å². The van der Waals surface area contributed by atoms with Crippen molar-refractivity contribution in [1.29, 1.82) is 0 Å². The second-order valence-corrected chi connectivity index (χ2v) is 8.66. The van der Waals surface area contributed by atoms with Crippen molar-refractivity contribution in [3.63, 3.8) is 0 Å². The lowest BCUT2D eigenvalue weighted by molar-refractivity contribution is -0.114. The molecule has 4 rings (SSSR count). The summed E-state index contributed by atoms with van der Waals surface area (Å²) in [6, 6.07) is 2.86. The highest BCUT2D eigenvalue weighted by atomic mass is 32.2. The molecule has 3 N–H and O–H groups in total. The van der Waals surface area contributed by atoms with Gasteiger partial charge in [-0.1, -0.05) is 25.3 Å². The number of carbonyl (C=O) groups is 1. The average Bonchev–Trinajstić information content (AvgIpc) is 3.07. The SMILES string of the molecule is O=C1C=C(c2c(O)ccc(C3=C[C@@H](CC4CCC4)NC3)c2F)S(=O)(=O)N1. The first kappa shape index (κ1) is 17.2. The zero-order valence-corrected chi connectivity index (χ0v) is 14.8. The number of carbonyl (C=O) groups excluding carboxylic acids is 1. The van der Waals surface area contributed by atoms with E-state index in [0.29, 0.717) is 12.5 Å². The maximum atomic E-state index is 15.1. The van der Waals surface area contributed by atoms with Crippen LogP contribution in [-0.2, 0) is 14.8 Å². The molecule has 0 bridgehead atoms. The van der Waals surface area contributed by atoms with Crippen molar-refractivity contribution in [2.24, 2.45) is 5.92 Å². The number of benzene rings is 1. The van der Waals surface area contributed by atoms with E-state index in [2.05, 4.69) is 5.32 Å². The molecule has 1 fully saturated rings. The average molecular weight is 378 g/mol. The number of aromatic hydroxyl groups is 1. The molecule has 1 aromatic carbocycles. The fraction of sp³-hybridized carbons (Fsp3) is 0.389. The van der Waals surface area contributed by atoms with Crippen LogP contribution in [0.2, 0.25) is 0 Å². The van der Waals surface area contributed by atoms with Crippen LogP contribution in [0.15, 0.2) is 24.3 Å². The molecule has 1 aliphatic carbocycles. The summed E-state index contributed by atoms with van der Waals surface area (Å²) >= 11 is 0. The third-order valence-corrected chi connectivity index (χ3v) is 6.64. The molecule has 3 aliphatic rings. The van der Waals surface area contributed by atoms with Gasteiger partial charge in [-0.2, -0.15) is 0 Å². The van der Waals surface area contributed by atoms with Crippen LogP contribution in [0.1, 0.15) is 36.8 Å². The van der Waals surface area contributed by atoms with Gasteiger partial charge in [-0.25, -0.2) is 17.5 Å². The van der Waals surface area contributed by atoms with Crippen LogP contribution < -0.4 is 10.0 Å². The van der Waals surface area contributed by atoms with Gasteiger partial charge in [0.2, 0.25) is 0 Å². The summed E-state index contributed by atoms with van der Waals surface area (Å²) in [6.07, 6.45) is 7.49. The minimum Gasteiger partial charge on any atom is -0.507 e. The summed E-state index contributed by atoms with van der Waals surface area (Å²) in [5, 5.41) is 13.4. The second kappa shape index (κ2) is 6.21. The van der Waals surface area contributed by atoms with Crippen LogP contribution in [0.4, 0.5) is 4.39 Å². The van der Waals surface area contributed by atoms with E-state index in [4.69, 9.17) is 0 Å². The monoisotopic (exact) mass is 378 g/mol. The number of phenolic OH excluding ortho intramolecular Hbond substituents is 1. The number of rotatable bonds is 4. The van der Waals surface area contributed by atoms with E-state index >= 15 is 4.39 Å². The van der Waals surface area contributed by atoms with Gasteiger partial charge in [0.15, 0.2) is 0 Å². The van der Waals surface area contributed by atoms with Crippen LogP contribution >= 0.6 is 0 Å². The van der Waals surface area contributed by atoms with Crippen molar-refractivity contribution in [2.75, 3.05) is 6.54 Å². The van der Waals surface area contributed by atoms with Crippen molar-refractivity contribution in [2.45, 2.75) is 31.7 Å². The first-order valence-electron chi connectivity index (χ1n) is 8.60. The Labute approximate surface area is 150 Å². The number of sulfonamides is 1. The molecule has 0 aromatic heterocycles. The maximum Gasteiger partial charge on any atom is 0.265 e. The molecule has 2 aliphatic heterocycles. The van der Waals surface area contributed by atoms with Gasteiger partial charge in [-0.05, 0) is 30.0 Å². The van der Waals surface area contributed by atoms with Crippen LogP contribution in [-0.4, -0.2) is 32.0 Å². The number of halogens is 1. The van der Waals surface area contributed by atoms with E-state index in [1.165, 1.54) is 31.4 Å². The first-order valence-corrected chi connectivity index (χ1v) is 10.1. The summed E-state index contributed by atoms with van der Waals surface area (Å²) < 4.78 is 40.9. The molecule has 1 amide bonds. The lowest BCUT2D eigenvalue weighted by Gasteiger charge is -2.27. The minimum absolute atomic E-state index is 0.171. The summed E-state index contributed by atoms with van der Waals surface area (Å²) in [5.41, 5.74) is 0.490. The second-order valence-electron chi connectivity index (χ2n) is 7.01. The van der Waals surface area contributed by atoms with Gasteiger partial charge in [-0.3, -0.25) is 4.79 Å². The largest absolute Gasteiger partial charge is 0.507 e. The van der Waals surface area contributed by atoms with E-state index in [9.17, 15) is 18.3 Å². The number of phenols is 1. The fourth-order valence-electron chi connectivity index (χ4n) is 3.69. The number of nitrogens with one attached hydrogen (secondary N) is 2. The van der Waals surface area contributed by atoms with Crippen LogP contribution in [0.5, 0.6) is 5.75 Å². The Kier molecular flexibility index (Phi) is 4.11. The molecule has 1 atom stereocenters. The third-order valence-electron chi connectivity index (χ3n) is 5.27. The summed E-state index contributed by atoms with van der Waals surface area (Å²) in [7, 11) is -4.17. The molecule has 26 heavy (non-hydrogen) atoms. The molecule has 0 saturated heterocycles. The smallest absolute Gasteiger partial charge is 0.265 e. The van der Waals surface area contributed by atoms with Gasteiger partial charge in [-0.15, -0.1) is 0 Å². The van der Waals surface area contributed by atoms with Gasteiger partial charge in [0.05, 0.1) is 5.56 Å².